The van der Waals surface area contributed by atoms with Crippen LogP contribution in [-0.2, 0) is 0 Å². The molecule has 1 fully saturated rings. The molecule has 1 atom stereocenters. The third kappa shape index (κ3) is 3.59. The predicted molar refractivity (Wildman–Crippen MR) is 85.8 cm³/mol. The Morgan fingerprint density at radius 3 is 2.37 bits per heavy atom. The van der Waals surface area contributed by atoms with Crippen molar-refractivity contribution in [1.29, 1.82) is 0 Å². The molecule has 1 nitrogen and oxygen atoms in total. The van der Waals surface area contributed by atoms with Gasteiger partial charge in [0.2, 0.25) is 0 Å². The van der Waals surface area contributed by atoms with Crippen LogP contribution in [0.15, 0.2) is 12.1 Å². The maximum Gasteiger partial charge on any atom is 0.138 e. The van der Waals surface area contributed by atoms with Gasteiger partial charge in [-0.05, 0) is 36.3 Å². The lowest BCUT2D eigenvalue weighted by molar-refractivity contribution is 0.287. The summed E-state index contributed by atoms with van der Waals surface area (Å²) in [6.45, 7) is 2.33. The van der Waals surface area contributed by atoms with Crippen LogP contribution < -0.4 is 4.74 Å². The zero-order valence-electron chi connectivity index (χ0n) is 11.3. The summed E-state index contributed by atoms with van der Waals surface area (Å²) in [6.07, 6.45) is 5.09. The Hall–Kier alpha value is 0.0800. The van der Waals surface area contributed by atoms with E-state index >= 15 is 0 Å². The van der Waals surface area contributed by atoms with Crippen molar-refractivity contribution in [1.82, 2.24) is 0 Å². The van der Waals surface area contributed by atoms with Crippen LogP contribution in [-0.4, -0.2) is 7.11 Å². The molecule has 0 radical (unpaired) electrons. The Bertz CT molecular complexity index is 442. The molecule has 1 aliphatic rings. The normalized spacial score (nSPS) is 25.1. The third-order valence-electron chi connectivity index (χ3n) is 4.04. The second-order valence-electron chi connectivity index (χ2n) is 5.43. The van der Waals surface area contributed by atoms with Crippen LogP contribution in [0.5, 0.6) is 5.75 Å². The highest BCUT2D eigenvalue weighted by atomic mass is 79.9. The van der Waals surface area contributed by atoms with Crippen LogP contribution in [0.3, 0.4) is 0 Å². The van der Waals surface area contributed by atoms with E-state index in [1.165, 1.54) is 25.7 Å². The van der Waals surface area contributed by atoms with Crippen molar-refractivity contribution in [3.8, 4) is 5.75 Å². The molecule has 0 aliphatic heterocycles. The molecule has 0 N–H and O–H groups in total. The van der Waals surface area contributed by atoms with E-state index in [-0.39, 0.29) is 4.83 Å². The molecule has 1 aromatic carbocycles. The van der Waals surface area contributed by atoms with Gasteiger partial charge in [0, 0.05) is 15.9 Å². The summed E-state index contributed by atoms with van der Waals surface area (Å²) in [5, 5.41) is 1.34. The first-order valence-electron chi connectivity index (χ1n) is 6.70. The van der Waals surface area contributed by atoms with Gasteiger partial charge in [0.15, 0.2) is 0 Å². The van der Waals surface area contributed by atoms with E-state index in [1.54, 1.807) is 13.2 Å². The van der Waals surface area contributed by atoms with Gasteiger partial charge in [0.25, 0.3) is 0 Å². The van der Waals surface area contributed by atoms with E-state index in [4.69, 9.17) is 27.9 Å². The molecule has 106 valence electrons. The summed E-state index contributed by atoms with van der Waals surface area (Å²) < 4.78 is 5.19. The highest BCUT2D eigenvalue weighted by Crippen LogP contribution is 2.45. The average molecular weight is 366 g/mol. The van der Waals surface area contributed by atoms with Crippen LogP contribution in [0.1, 0.15) is 43.0 Å². The van der Waals surface area contributed by atoms with Gasteiger partial charge in [0.05, 0.1) is 12.1 Å². The van der Waals surface area contributed by atoms with Crippen molar-refractivity contribution < 1.29 is 4.74 Å². The molecule has 1 saturated carbocycles. The molecule has 0 bridgehead atoms. The lowest BCUT2D eigenvalue weighted by atomic mass is 9.80. The fourth-order valence-electron chi connectivity index (χ4n) is 2.74. The summed E-state index contributed by atoms with van der Waals surface area (Å²) in [6, 6.07) is 3.74. The Morgan fingerprint density at radius 1 is 1.16 bits per heavy atom. The highest BCUT2D eigenvalue weighted by Gasteiger charge is 2.27. The Labute approximate surface area is 133 Å². The SMILES string of the molecule is COc1cc(Cl)c(C(Br)C2CCC(C)CC2)cc1Cl. The zero-order chi connectivity index (χ0) is 14.0. The summed E-state index contributed by atoms with van der Waals surface area (Å²) in [7, 11) is 1.60. The molecular formula is C15H19BrCl2O. The van der Waals surface area contributed by atoms with Gasteiger partial charge in [-0.25, -0.2) is 0 Å². The number of hydrogen-bond acceptors (Lipinski definition) is 1. The molecule has 0 amide bonds. The second kappa shape index (κ2) is 6.69. The van der Waals surface area contributed by atoms with Gasteiger partial charge < -0.3 is 4.74 Å². The van der Waals surface area contributed by atoms with Gasteiger partial charge in [-0.1, -0.05) is 58.9 Å². The fourth-order valence-corrected chi connectivity index (χ4v) is 4.30. The van der Waals surface area contributed by atoms with Crippen molar-refractivity contribution in [2.45, 2.75) is 37.4 Å². The molecule has 1 aliphatic carbocycles. The quantitative estimate of drug-likeness (QED) is 0.574. The summed E-state index contributed by atoms with van der Waals surface area (Å²) in [4.78, 5) is 0.274. The largest absolute Gasteiger partial charge is 0.495 e. The third-order valence-corrected chi connectivity index (χ3v) is 5.91. The minimum absolute atomic E-state index is 0.274. The number of ether oxygens (including phenoxy) is 1. The molecule has 0 spiro atoms. The Kier molecular flexibility index (Phi) is 5.45. The van der Waals surface area contributed by atoms with Crippen molar-refractivity contribution in [2.75, 3.05) is 7.11 Å². The highest BCUT2D eigenvalue weighted by molar-refractivity contribution is 9.09. The number of rotatable bonds is 3. The van der Waals surface area contributed by atoms with Crippen LogP contribution in [0, 0.1) is 11.8 Å². The van der Waals surface area contributed by atoms with Gasteiger partial charge in [0.1, 0.15) is 5.75 Å². The van der Waals surface area contributed by atoms with Crippen LogP contribution in [0.4, 0.5) is 0 Å². The van der Waals surface area contributed by atoms with Crippen LogP contribution in [0.2, 0.25) is 10.0 Å². The Morgan fingerprint density at radius 2 is 1.79 bits per heavy atom. The minimum Gasteiger partial charge on any atom is -0.495 e. The molecule has 2 rings (SSSR count). The maximum absolute atomic E-state index is 6.35. The molecule has 0 saturated heterocycles. The van der Waals surface area contributed by atoms with Crippen molar-refractivity contribution in [3.05, 3.63) is 27.7 Å². The predicted octanol–water partition coefficient (Wildman–Crippen LogP) is 6.26. The topological polar surface area (TPSA) is 9.23 Å². The number of benzene rings is 1. The summed E-state index contributed by atoms with van der Waals surface area (Å²) >= 11 is 16.4. The lowest BCUT2D eigenvalue weighted by Gasteiger charge is -2.30. The average Bonchev–Trinajstić information content (AvgIpc) is 2.41. The second-order valence-corrected chi connectivity index (χ2v) is 7.23. The smallest absolute Gasteiger partial charge is 0.138 e. The van der Waals surface area contributed by atoms with Crippen molar-refractivity contribution in [3.63, 3.8) is 0 Å². The van der Waals surface area contributed by atoms with Crippen molar-refractivity contribution >= 4 is 39.1 Å². The van der Waals surface area contributed by atoms with Gasteiger partial charge in [-0.3, -0.25) is 0 Å². The van der Waals surface area contributed by atoms with Gasteiger partial charge >= 0.3 is 0 Å². The Balaban J connectivity index is 2.19. The van der Waals surface area contributed by atoms with E-state index < -0.39 is 0 Å². The first-order valence-corrected chi connectivity index (χ1v) is 8.37. The molecule has 19 heavy (non-hydrogen) atoms. The first kappa shape index (κ1) is 15.5. The van der Waals surface area contributed by atoms with E-state index in [1.807, 2.05) is 6.07 Å². The molecule has 4 heteroatoms. The number of hydrogen-bond donors (Lipinski definition) is 0. The van der Waals surface area contributed by atoms with Crippen molar-refractivity contribution in [2.24, 2.45) is 11.8 Å². The maximum atomic E-state index is 6.35. The van der Waals surface area contributed by atoms with Gasteiger partial charge in [-0.2, -0.15) is 0 Å². The zero-order valence-corrected chi connectivity index (χ0v) is 14.4. The van der Waals surface area contributed by atoms with Crippen LogP contribution >= 0.6 is 39.1 Å². The van der Waals surface area contributed by atoms with Crippen LogP contribution in [0.25, 0.3) is 0 Å². The first-order chi connectivity index (χ1) is 9.02. The molecule has 0 aromatic heterocycles. The minimum atomic E-state index is 0.274. The number of methoxy groups -OCH3 is 1. The fraction of sp³-hybridized carbons (Fsp3) is 0.600. The molecule has 1 aromatic rings. The molecule has 0 heterocycles. The lowest BCUT2D eigenvalue weighted by Crippen LogP contribution is -2.16. The molecule has 1 unspecified atom stereocenters. The van der Waals surface area contributed by atoms with E-state index in [2.05, 4.69) is 22.9 Å². The standard InChI is InChI=1S/C15H19BrCl2O/c1-9-3-5-10(6-4-9)15(16)11-7-13(18)14(19-2)8-12(11)17/h7-10,15H,3-6H2,1-2H3. The van der Waals surface area contributed by atoms with E-state index in [9.17, 15) is 0 Å². The number of alkyl halides is 1. The summed E-state index contributed by atoms with van der Waals surface area (Å²) in [5.41, 5.74) is 1.08. The number of halogens is 3. The molecular weight excluding hydrogens is 347 g/mol. The van der Waals surface area contributed by atoms with E-state index in [0.717, 1.165) is 16.5 Å². The monoisotopic (exact) mass is 364 g/mol. The van der Waals surface area contributed by atoms with E-state index in [0.29, 0.717) is 16.7 Å². The summed E-state index contributed by atoms with van der Waals surface area (Å²) in [5.74, 6) is 2.12. The van der Waals surface area contributed by atoms with Gasteiger partial charge in [-0.15, -0.1) is 0 Å².